The summed E-state index contributed by atoms with van der Waals surface area (Å²) in [5.41, 5.74) is 7.12. The first kappa shape index (κ1) is 19.5. The Hall–Kier alpha value is -3.83. The van der Waals surface area contributed by atoms with Gasteiger partial charge in [-0.3, -0.25) is 9.36 Å². The van der Waals surface area contributed by atoms with E-state index in [0.717, 1.165) is 5.56 Å². The standard InChI is InChI=1S/C19H18N6O5/c20-16-13-17(22-8-21-16)25(9-23-13)18-14(27)12(15(30-18)19(28)29)24-11(26)7-6-10-4-2-1-3-5-10/h1-9,12,14-15,18,27H,(H,24,26)(H,28,29)(H2,20,21,22)/b7-6+. The Labute approximate surface area is 169 Å². The minimum atomic E-state index is -1.48. The number of imidazole rings is 1. The summed E-state index contributed by atoms with van der Waals surface area (Å²) in [5, 5.41) is 22.8. The molecule has 1 aliphatic heterocycles. The quantitative estimate of drug-likeness (QED) is 0.422. The second-order valence-electron chi connectivity index (χ2n) is 6.64. The zero-order valence-corrected chi connectivity index (χ0v) is 15.5. The number of carboxylic acids is 1. The monoisotopic (exact) mass is 410 g/mol. The number of fused-ring (bicyclic) bond motifs is 1. The van der Waals surface area contributed by atoms with Gasteiger partial charge in [0.25, 0.3) is 0 Å². The number of nitrogen functional groups attached to an aromatic ring is 1. The van der Waals surface area contributed by atoms with E-state index in [-0.39, 0.29) is 11.5 Å². The molecule has 4 rings (SSSR count). The molecule has 3 heterocycles. The molecule has 4 atom stereocenters. The number of carboxylic acid groups (broad SMARTS) is 1. The van der Waals surface area contributed by atoms with E-state index in [1.807, 2.05) is 30.3 Å². The van der Waals surface area contributed by atoms with E-state index in [1.54, 1.807) is 6.08 Å². The van der Waals surface area contributed by atoms with Crippen molar-refractivity contribution in [1.29, 1.82) is 0 Å². The molecule has 5 N–H and O–H groups in total. The lowest BCUT2D eigenvalue weighted by molar-refractivity contribution is -0.152. The van der Waals surface area contributed by atoms with Crippen molar-refractivity contribution in [2.24, 2.45) is 0 Å². The van der Waals surface area contributed by atoms with Gasteiger partial charge >= 0.3 is 5.97 Å². The number of hydrogen-bond donors (Lipinski definition) is 4. The fraction of sp³-hybridized carbons (Fsp3) is 0.211. The molecule has 1 amide bonds. The Kier molecular flexibility index (Phi) is 5.12. The molecule has 1 aliphatic rings. The maximum Gasteiger partial charge on any atom is 0.335 e. The van der Waals surface area contributed by atoms with Crippen molar-refractivity contribution in [1.82, 2.24) is 24.8 Å². The van der Waals surface area contributed by atoms with Crippen LogP contribution in [0.15, 0.2) is 49.1 Å². The van der Waals surface area contributed by atoms with Crippen LogP contribution < -0.4 is 11.1 Å². The molecule has 30 heavy (non-hydrogen) atoms. The smallest absolute Gasteiger partial charge is 0.335 e. The zero-order valence-electron chi connectivity index (χ0n) is 15.5. The van der Waals surface area contributed by atoms with Crippen molar-refractivity contribution >= 4 is 34.9 Å². The number of ether oxygens (including phenoxy) is 1. The van der Waals surface area contributed by atoms with E-state index >= 15 is 0 Å². The topological polar surface area (TPSA) is 165 Å². The second-order valence-corrected chi connectivity index (χ2v) is 6.64. The molecule has 1 saturated heterocycles. The van der Waals surface area contributed by atoms with Crippen LogP contribution in [0.1, 0.15) is 11.8 Å². The highest BCUT2D eigenvalue weighted by Crippen LogP contribution is 2.32. The van der Waals surface area contributed by atoms with Gasteiger partial charge in [0.15, 0.2) is 23.8 Å². The number of aliphatic hydroxyl groups is 1. The SMILES string of the molecule is Nc1ncnc2c1ncn2C1OC(C(=O)O)C(NC(=O)/C=C/c2ccccc2)C1O. The fourth-order valence-corrected chi connectivity index (χ4v) is 3.28. The van der Waals surface area contributed by atoms with Gasteiger partial charge in [-0.25, -0.2) is 19.7 Å². The van der Waals surface area contributed by atoms with E-state index < -0.39 is 36.4 Å². The van der Waals surface area contributed by atoms with Crippen LogP contribution in [0.3, 0.4) is 0 Å². The van der Waals surface area contributed by atoms with Crippen molar-refractivity contribution in [3.05, 3.63) is 54.6 Å². The van der Waals surface area contributed by atoms with Crippen molar-refractivity contribution < 1.29 is 24.5 Å². The number of aliphatic carboxylic acids is 1. The number of benzene rings is 1. The summed E-state index contributed by atoms with van der Waals surface area (Å²) in [6.45, 7) is 0. The molecule has 11 heteroatoms. The number of aliphatic hydroxyl groups excluding tert-OH is 1. The lowest BCUT2D eigenvalue weighted by Crippen LogP contribution is -2.49. The first-order valence-corrected chi connectivity index (χ1v) is 8.98. The number of carbonyl (C=O) groups is 2. The number of anilines is 1. The Balaban J connectivity index is 1.57. The predicted molar refractivity (Wildman–Crippen MR) is 105 cm³/mol. The summed E-state index contributed by atoms with van der Waals surface area (Å²) in [4.78, 5) is 36.0. The molecule has 1 fully saturated rings. The number of amides is 1. The molecular weight excluding hydrogens is 392 g/mol. The number of carbonyl (C=O) groups excluding carboxylic acids is 1. The molecule has 0 radical (unpaired) electrons. The van der Waals surface area contributed by atoms with Gasteiger partial charge in [-0.05, 0) is 11.6 Å². The van der Waals surface area contributed by atoms with Gasteiger partial charge in [0.2, 0.25) is 5.91 Å². The van der Waals surface area contributed by atoms with Crippen LogP contribution in [0.25, 0.3) is 17.2 Å². The zero-order chi connectivity index (χ0) is 21.3. The first-order valence-electron chi connectivity index (χ1n) is 8.98. The highest BCUT2D eigenvalue weighted by atomic mass is 16.6. The Morgan fingerprint density at radius 3 is 2.70 bits per heavy atom. The number of aromatic nitrogens is 4. The van der Waals surface area contributed by atoms with Crippen LogP contribution >= 0.6 is 0 Å². The van der Waals surface area contributed by atoms with Crippen LogP contribution in [0.4, 0.5) is 5.82 Å². The van der Waals surface area contributed by atoms with Gasteiger partial charge in [0.05, 0.1) is 12.4 Å². The summed E-state index contributed by atoms with van der Waals surface area (Å²) in [7, 11) is 0. The molecule has 1 aromatic carbocycles. The van der Waals surface area contributed by atoms with E-state index in [0.29, 0.717) is 5.52 Å². The van der Waals surface area contributed by atoms with Crippen LogP contribution in [0.2, 0.25) is 0 Å². The highest BCUT2D eigenvalue weighted by molar-refractivity contribution is 5.92. The van der Waals surface area contributed by atoms with Crippen LogP contribution in [-0.2, 0) is 14.3 Å². The van der Waals surface area contributed by atoms with Gasteiger partial charge in [-0.15, -0.1) is 0 Å². The predicted octanol–water partition coefficient (Wildman–Crippen LogP) is -0.0504. The third kappa shape index (κ3) is 3.58. The average Bonchev–Trinajstić information content (AvgIpc) is 3.30. The molecule has 4 unspecified atom stereocenters. The number of nitrogens with one attached hydrogen (secondary N) is 1. The highest BCUT2D eigenvalue weighted by Gasteiger charge is 2.49. The minimum Gasteiger partial charge on any atom is -0.479 e. The number of rotatable bonds is 5. The maximum absolute atomic E-state index is 12.3. The van der Waals surface area contributed by atoms with Gasteiger partial charge in [0, 0.05) is 6.08 Å². The Morgan fingerprint density at radius 2 is 1.97 bits per heavy atom. The second kappa shape index (κ2) is 7.89. The third-order valence-electron chi connectivity index (χ3n) is 4.71. The summed E-state index contributed by atoms with van der Waals surface area (Å²) < 4.78 is 6.90. The van der Waals surface area contributed by atoms with Crippen molar-refractivity contribution in [2.45, 2.75) is 24.5 Å². The summed E-state index contributed by atoms with van der Waals surface area (Å²) >= 11 is 0. The van der Waals surface area contributed by atoms with Gasteiger partial charge in [-0.1, -0.05) is 30.3 Å². The number of hydrogen-bond acceptors (Lipinski definition) is 8. The van der Waals surface area contributed by atoms with Gasteiger partial charge in [0.1, 0.15) is 17.9 Å². The lowest BCUT2D eigenvalue weighted by Gasteiger charge is -2.19. The average molecular weight is 410 g/mol. The van der Waals surface area contributed by atoms with Gasteiger partial charge in [-0.2, -0.15) is 0 Å². The van der Waals surface area contributed by atoms with Crippen LogP contribution in [0.5, 0.6) is 0 Å². The fourth-order valence-electron chi connectivity index (χ4n) is 3.28. The molecule has 0 saturated carbocycles. The molecule has 11 nitrogen and oxygen atoms in total. The maximum atomic E-state index is 12.3. The largest absolute Gasteiger partial charge is 0.479 e. The number of nitrogens with zero attached hydrogens (tertiary/aromatic N) is 4. The van der Waals surface area contributed by atoms with Crippen molar-refractivity contribution in [3.8, 4) is 0 Å². The minimum absolute atomic E-state index is 0.136. The Morgan fingerprint density at radius 1 is 1.20 bits per heavy atom. The first-order chi connectivity index (χ1) is 14.5. The summed E-state index contributed by atoms with van der Waals surface area (Å²) in [6, 6.07) is 7.92. The van der Waals surface area contributed by atoms with E-state index in [9.17, 15) is 19.8 Å². The lowest BCUT2D eigenvalue weighted by atomic mass is 10.1. The van der Waals surface area contributed by atoms with Crippen LogP contribution in [0, 0.1) is 0 Å². The molecule has 2 aromatic heterocycles. The van der Waals surface area contributed by atoms with E-state index in [4.69, 9.17) is 10.5 Å². The molecule has 0 spiro atoms. The normalized spacial score (nSPS) is 23.8. The molecule has 154 valence electrons. The third-order valence-corrected chi connectivity index (χ3v) is 4.71. The van der Waals surface area contributed by atoms with Crippen LogP contribution in [-0.4, -0.2) is 59.9 Å². The van der Waals surface area contributed by atoms with Gasteiger partial charge < -0.3 is 26.0 Å². The van der Waals surface area contributed by atoms with E-state index in [2.05, 4.69) is 20.3 Å². The summed E-state index contributed by atoms with van der Waals surface area (Å²) in [6.07, 6.45) is 1.38. The van der Waals surface area contributed by atoms with Crippen molar-refractivity contribution in [2.75, 3.05) is 5.73 Å². The summed E-state index contributed by atoms with van der Waals surface area (Å²) in [5.74, 6) is -1.76. The molecule has 0 aliphatic carbocycles. The van der Waals surface area contributed by atoms with Crippen molar-refractivity contribution in [3.63, 3.8) is 0 Å². The Bertz CT molecular complexity index is 1120. The van der Waals surface area contributed by atoms with E-state index in [1.165, 1.54) is 23.3 Å². The molecule has 0 bridgehead atoms. The number of nitrogens with two attached hydrogens (primary N) is 1. The molecule has 3 aromatic rings. The molecular formula is C19H18N6O5.